The molecule has 0 radical (unpaired) electrons. The van der Waals surface area contributed by atoms with Crippen molar-refractivity contribution in [3.05, 3.63) is 23.8 Å². The fourth-order valence-electron chi connectivity index (χ4n) is 1.05. The summed E-state index contributed by atoms with van der Waals surface area (Å²) in [5.74, 6) is 0.670. The summed E-state index contributed by atoms with van der Waals surface area (Å²) in [4.78, 5) is 0. The van der Waals surface area contributed by atoms with E-state index in [1.807, 2.05) is 26.8 Å². The van der Waals surface area contributed by atoms with E-state index in [-0.39, 0.29) is 5.60 Å². The number of nitrogens with two attached hydrogens (primary N) is 1. The predicted octanol–water partition coefficient (Wildman–Crippen LogP) is 2.32. The van der Waals surface area contributed by atoms with E-state index < -0.39 is 0 Å². The molecule has 74 valence electrons. The molecule has 0 amide bonds. The Morgan fingerprint density at radius 3 is 2.50 bits per heavy atom. The first kappa shape index (κ1) is 10.4. The summed E-state index contributed by atoms with van der Waals surface area (Å²) in [5, 5.41) is 8.76. The van der Waals surface area contributed by atoms with Gasteiger partial charge < -0.3 is 10.5 Å². The van der Waals surface area contributed by atoms with Crippen molar-refractivity contribution >= 4 is 5.69 Å². The monoisotopic (exact) mass is 190 g/mol. The molecule has 0 bridgehead atoms. The van der Waals surface area contributed by atoms with Crippen molar-refractivity contribution in [1.82, 2.24) is 0 Å². The van der Waals surface area contributed by atoms with Crippen LogP contribution in [0.5, 0.6) is 5.75 Å². The van der Waals surface area contributed by atoms with Gasteiger partial charge in [-0.25, -0.2) is 0 Å². The van der Waals surface area contributed by atoms with Crippen LogP contribution in [-0.2, 0) is 0 Å². The molecule has 0 aliphatic heterocycles. The van der Waals surface area contributed by atoms with Gasteiger partial charge in [-0.05, 0) is 32.9 Å². The molecule has 0 aliphatic carbocycles. The highest BCUT2D eigenvalue weighted by Gasteiger charge is 2.12. The van der Waals surface area contributed by atoms with Crippen LogP contribution in [0, 0.1) is 11.3 Å². The maximum atomic E-state index is 8.76. The summed E-state index contributed by atoms with van der Waals surface area (Å²) in [6.45, 7) is 5.86. The third kappa shape index (κ3) is 2.67. The van der Waals surface area contributed by atoms with E-state index in [0.29, 0.717) is 17.0 Å². The molecule has 0 aromatic heterocycles. The van der Waals surface area contributed by atoms with Gasteiger partial charge in [0.05, 0.1) is 5.56 Å². The molecule has 0 aliphatic rings. The highest BCUT2D eigenvalue weighted by molar-refractivity contribution is 5.56. The summed E-state index contributed by atoms with van der Waals surface area (Å²) in [7, 11) is 0. The lowest BCUT2D eigenvalue weighted by Gasteiger charge is -2.21. The molecule has 3 heteroatoms. The first-order valence-corrected chi connectivity index (χ1v) is 4.41. The lowest BCUT2D eigenvalue weighted by molar-refractivity contribution is 0.131. The highest BCUT2D eigenvalue weighted by Crippen LogP contribution is 2.22. The van der Waals surface area contributed by atoms with Crippen LogP contribution in [0.15, 0.2) is 18.2 Å². The van der Waals surface area contributed by atoms with Crippen molar-refractivity contribution in [3.63, 3.8) is 0 Å². The molecule has 0 unspecified atom stereocenters. The third-order valence-corrected chi connectivity index (χ3v) is 1.57. The van der Waals surface area contributed by atoms with Crippen molar-refractivity contribution < 1.29 is 4.74 Å². The minimum atomic E-state index is -0.261. The van der Waals surface area contributed by atoms with Crippen LogP contribution in [0.4, 0.5) is 5.69 Å². The molecule has 0 spiro atoms. The van der Waals surface area contributed by atoms with Gasteiger partial charge in [-0.3, -0.25) is 0 Å². The van der Waals surface area contributed by atoms with Crippen LogP contribution in [-0.4, -0.2) is 5.60 Å². The Bertz CT molecular complexity index is 372. The quantitative estimate of drug-likeness (QED) is 0.691. The fraction of sp³-hybridized carbons (Fsp3) is 0.364. The van der Waals surface area contributed by atoms with Gasteiger partial charge >= 0.3 is 0 Å². The van der Waals surface area contributed by atoms with Gasteiger partial charge in [0.1, 0.15) is 17.4 Å². The molecule has 0 heterocycles. The highest BCUT2D eigenvalue weighted by atomic mass is 16.5. The number of nitriles is 1. The molecular weight excluding hydrogens is 176 g/mol. The van der Waals surface area contributed by atoms with E-state index in [4.69, 9.17) is 15.7 Å². The Morgan fingerprint density at radius 1 is 1.36 bits per heavy atom. The largest absolute Gasteiger partial charge is 0.488 e. The van der Waals surface area contributed by atoms with Crippen LogP contribution in [0.25, 0.3) is 0 Å². The van der Waals surface area contributed by atoms with Crippen molar-refractivity contribution in [3.8, 4) is 11.8 Å². The van der Waals surface area contributed by atoms with Crippen LogP contribution < -0.4 is 10.5 Å². The summed E-state index contributed by atoms with van der Waals surface area (Å²) >= 11 is 0. The number of hydrogen-bond acceptors (Lipinski definition) is 3. The van der Waals surface area contributed by atoms with Crippen molar-refractivity contribution in [2.45, 2.75) is 26.4 Å². The number of nitrogen functional groups attached to an aromatic ring is 1. The molecule has 14 heavy (non-hydrogen) atoms. The maximum absolute atomic E-state index is 8.76. The lowest BCUT2D eigenvalue weighted by Crippen LogP contribution is -2.22. The van der Waals surface area contributed by atoms with E-state index in [0.717, 1.165) is 0 Å². The summed E-state index contributed by atoms with van der Waals surface area (Å²) < 4.78 is 5.59. The topological polar surface area (TPSA) is 59.0 Å². The number of rotatable bonds is 1. The molecule has 2 N–H and O–H groups in total. The van der Waals surface area contributed by atoms with Crippen molar-refractivity contribution in [1.29, 1.82) is 5.26 Å². The minimum Gasteiger partial charge on any atom is -0.488 e. The summed E-state index contributed by atoms with van der Waals surface area (Å²) in [6.07, 6.45) is 0. The third-order valence-electron chi connectivity index (χ3n) is 1.57. The Morgan fingerprint density at radius 2 is 2.00 bits per heavy atom. The molecule has 0 saturated carbocycles. The van der Waals surface area contributed by atoms with Crippen molar-refractivity contribution in [2.75, 3.05) is 5.73 Å². The van der Waals surface area contributed by atoms with E-state index in [1.54, 1.807) is 18.2 Å². The normalized spacial score (nSPS) is 10.7. The molecule has 0 atom stereocenters. The zero-order valence-corrected chi connectivity index (χ0v) is 8.66. The lowest BCUT2D eigenvalue weighted by atomic mass is 10.1. The molecule has 1 aromatic rings. The predicted molar refractivity (Wildman–Crippen MR) is 56.0 cm³/mol. The number of anilines is 1. The summed E-state index contributed by atoms with van der Waals surface area (Å²) in [6, 6.07) is 7.12. The van der Waals surface area contributed by atoms with E-state index >= 15 is 0 Å². The van der Waals surface area contributed by atoms with Crippen LogP contribution in [0.3, 0.4) is 0 Å². The second kappa shape index (κ2) is 3.59. The maximum Gasteiger partial charge on any atom is 0.121 e. The van der Waals surface area contributed by atoms with Gasteiger partial charge in [0.25, 0.3) is 0 Å². The number of hydrogen-bond donors (Lipinski definition) is 1. The number of benzene rings is 1. The number of ether oxygens (including phenoxy) is 1. The van der Waals surface area contributed by atoms with Crippen LogP contribution in [0.2, 0.25) is 0 Å². The Kier molecular flexibility index (Phi) is 2.66. The van der Waals surface area contributed by atoms with Gasteiger partial charge in [-0.1, -0.05) is 0 Å². The second-order valence-electron chi connectivity index (χ2n) is 4.08. The Hall–Kier alpha value is -1.69. The number of nitrogens with zero attached hydrogens (tertiary/aromatic N) is 1. The van der Waals surface area contributed by atoms with Gasteiger partial charge in [-0.15, -0.1) is 0 Å². The van der Waals surface area contributed by atoms with Gasteiger partial charge in [0.15, 0.2) is 0 Å². The summed E-state index contributed by atoms with van der Waals surface area (Å²) in [5.41, 5.74) is 6.26. The Labute approximate surface area is 84.1 Å². The molecule has 1 aromatic carbocycles. The molecule has 0 saturated heterocycles. The molecule has 3 nitrogen and oxygen atoms in total. The molecule has 0 fully saturated rings. The Balaban J connectivity index is 2.97. The van der Waals surface area contributed by atoms with Gasteiger partial charge in [0, 0.05) is 11.8 Å². The van der Waals surface area contributed by atoms with E-state index in [2.05, 4.69) is 0 Å². The molecular formula is C11H14N2O. The first-order valence-electron chi connectivity index (χ1n) is 4.41. The zero-order chi connectivity index (χ0) is 10.8. The average molecular weight is 190 g/mol. The second-order valence-corrected chi connectivity index (χ2v) is 4.08. The smallest absolute Gasteiger partial charge is 0.121 e. The van der Waals surface area contributed by atoms with E-state index in [1.165, 1.54) is 0 Å². The fourth-order valence-corrected chi connectivity index (χ4v) is 1.05. The SMILES string of the molecule is CC(C)(C)Oc1ccc(N)c(C#N)c1. The first-order chi connectivity index (χ1) is 6.42. The van der Waals surface area contributed by atoms with Crippen molar-refractivity contribution in [2.24, 2.45) is 0 Å². The zero-order valence-electron chi connectivity index (χ0n) is 8.66. The standard InChI is InChI=1S/C11H14N2O/c1-11(2,3)14-9-4-5-10(13)8(6-9)7-12/h4-6H,13H2,1-3H3. The van der Waals surface area contributed by atoms with Crippen LogP contribution >= 0.6 is 0 Å². The van der Waals surface area contributed by atoms with Gasteiger partial charge in [0.2, 0.25) is 0 Å². The average Bonchev–Trinajstić information content (AvgIpc) is 2.06. The van der Waals surface area contributed by atoms with Gasteiger partial charge in [-0.2, -0.15) is 5.26 Å². The minimum absolute atomic E-state index is 0.261. The molecule has 1 rings (SSSR count). The van der Waals surface area contributed by atoms with Crippen LogP contribution in [0.1, 0.15) is 26.3 Å². The van der Waals surface area contributed by atoms with E-state index in [9.17, 15) is 0 Å².